The number of hydrogen-bond donors (Lipinski definition) is 2. The molecule has 2 aromatic rings. The first-order chi connectivity index (χ1) is 10.6. The van der Waals surface area contributed by atoms with Crippen molar-refractivity contribution in [2.45, 2.75) is 18.2 Å². The number of thioether (sulfide) groups is 1. The highest BCUT2D eigenvalue weighted by atomic mass is 32.2. The average Bonchev–Trinajstić information content (AvgIpc) is 2.93. The van der Waals surface area contributed by atoms with Gasteiger partial charge in [0.15, 0.2) is 10.1 Å². The summed E-state index contributed by atoms with van der Waals surface area (Å²) < 4.78 is 0.763. The molecule has 1 amide bonds. The Morgan fingerprint density at radius 1 is 1.23 bits per heavy atom. The zero-order valence-corrected chi connectivity index (χ0v) is 13.9. The van der Waals surface area contributed by atoms with Gasteiger partial charge in [0.05, 0.1) is 5.75 Å². The van der Waals surface area contributed by atoms with E-state index >= 15 is 0 Å². The number of rotatable bonds is 7. The first-order valence-corrected chi connectivity index (χ1v) is 8.49. The summed E-state index contributed by atoms with van der Waals surface area (Å²) in [5.74, 6) is 0.183. The molecule has 8 heteroatoms. The number of amides is 1. The van der Waals surface area contributed by atoms with E-state index in [-0.39, 0.29) is 11.7 Å². The molecule has 1 aromatic carbocycles. The van der Waals surface area contributed by atoms with Crippen LogP contribution in [0.5, 0.6) is 0 Å². The molecule has 1 aromatic heterocycles. The number of benzene rings is 1. The summed E-state index contributed by atoms with van der Waals surface area (Å²) in [4.78, 5) is 23.1. The number of carbonyl (C=O) groups is 2. The molecule has 0 saturated heterocycles. The molecule has 0 radical (unpaired) electrons. The lowest BCUT2D eigenvalue weighted by Crippen LogP contribution is -2.06. The predicted molar refractivity (Wildman–Crippen MR) is 89.9 cm³/mol. The summed E-state index contributed by atoms with van der Waals surface area (Å²) >= 11 is 2.80. The van der Waals surface area contributed by atoms with E-state index in [9.17, 15) is 9.59 Å². The van der Waals surface area contributed by atoms with Crippen LogP contribution in [-0.2, 0) is 4.79 Å². The zero-order chi connectivity index (χ0) is 15.9. The van der Waals surface area contributed by atoms with Crippen molar-refractivity contribution in [3.05, 3.63) is 29.8 Å². The smallest absolute Gasteiger partial charge is 0.221 e. The van der Waals surface area contributed by atoms with E-state index in [1.54, 1.807) is 24.3 Å². The number of nitrogens with zero attached hydrogens (tertiary/aromatic N) is 2. The molecule has 1 heterocycles. The fourth-order valence-electron chi connectivity index (χ4n) is 1.64. The molecular formula is C14H16N4O2S2. The molecule has 0 aliphatic rings. The van der Waals surface area contributed by atoms with Crippen molar-refractivity contribution in [3.8, 4) is 0 Å². The highest BCUT2D eigenvalue weighted by Gasteiger charge is 2.10. The predicted octanol–water partition coefficient (Wildman–Crippen LogP) is 2.90. The number of Topliss-reactive ketones (excluding diaryl/α,β-unsaturated/α-hetero) is 1. The van der Waals surface area contributed by atoms with Crippen LogP contribution in [0.25, 0.3) is 0 Å². The van der Waals surface area contributed by atoms with Crippen LogP contribution < -0.4 is 10.6 Å². The number of ketones is 1. The third-order valence-electron chi connectivity index (χ3n) is 2.59. The van der Waals surface area contributed by atoms with Gasteiger partial charge in [-0.15, -0.1) is 10.2 Å². The Morgan fingerprint density at radius 2 is 1.95 bits per heavy atom. The van der Waals surface area contributed by atoms with Gasteiger partial charge in [-0.25, -0.2) is 0 Å². The highest BCUT2D eigenvalue weighted by Crippen LogP contribution is 2.26. The lowest BCUT2D eigenvalue weighted by atomic mass is 10.1. The van der Waals surface area contributed by atoms with E-state index in [1.165, 1.54) is 30.0 Å². The van der Waals surface area contributed by atoms with Crippen molar-refractivity contribution in [3.63, 3.8) is 0 Å². The average molecular weight is 336 g/mol. The van der Waals surface area contributed by atoms with Crippen molar-refractivity contribution in [2.24, 2.45) is 0 Å². The largest absolute Gasteiger partial charge is 0.360 e. The van der Waals surface area contributed by atoms with Gasteiger partial charge in [-0.3, -0.25) is 9.59 Å². The molecule has 6 nitrogen and oxygen atoms in total. The Labute approximate surface area is 136 Å². The Kier molecular flexibility index (Phi) is 5.91. The minimum Gasteiger partial charge on any atom is -0.360 e. The molecular weight excluding hydrogens is 320 g/mol. The third-order valence-corrected chi connectivity index (χ3v) is 4.60. The molecule has 116 valence electrons. The van der Waals surface area contributed by atoms with E-state index in [0.29, 0.717) is 17.0 Å². The first-order valence-electron chi connectivity index (χ1n) is 6.69. The number of hydrogen-bond acceptors (Lipinski definition) is 7. The maximum Gasteiger partial charge on any atom is 0.221 e. The van der Waals surface area contributed by atoms with Gasteiger partial charge in [-0.05, 0) is 31.2 Å². The number of nitrogens with one attached hydrogen (secondary N) is 2. The number of aromatic nitrogens is 2. The van der Waals surface area contributed by atoms with Crippen LogP contribution in [0.4, 0.5) is 10.8 Å². The van der Waals surface area contributed by atoms with Crippen LogP contribution in [0.2, 0.25) is 0 Å². The second-order valence-corrected chi connectivity index (χ2v) is 6.57. The Morgan fingerprint density at radius 3 is 2.59 bits per heavy atom. The lowest BCUT2D eigenvalue weighted by Gasteiger charge is -2.03. The van der Waals surface area contributed by atoms with E-state index in [2.05, 4.69) is 20.8 Å². The molecule has 0 saturated carbocycles. The van der Waals surface area contributed by atoms with Crippen LogP contribution in [0, 0.1) is 0 Å². The van der Waals surface area contributed by atoms with E-state index in [4.69, 9.17) is 0 Å². The van der Waals surface area contributed by atoms with Crippen molar-refractivity contribution in [1.29, 1.82) is 0 Å². The fourth-order valence-corrected chi connectivity index (χ4v) is 3.36. The molecule has 0 fully saturated rings. The van der Waals surface area contributed by atoms with E-state index < -0.39 is 0 Å². The molecule has 2 rings (SSSR count). The summed E-state index contributed by atoms with van der Waals surface area (Å²) in [7, 11) is 0. The quantitative estimate of drug-likeness (QED) is 0.597. The molecule has 0 unspecified atom stereocenters. The fraction of sp³-hybridized carbons (Fsp3) is 0.286. The maximum absolute atomic E-state index is 12.1. The summed E-state index contributed by atoms with van der Waals surface area (Å²) in [5.41, 5.74) is 1.29. The Balaban J connectivity index is 1.89. The minimum absolute atomic E-state index is 0.0135. The third kappa shape index (κ3) is 4.81. The van der Waals surface area contributed by atoms with Crippen molar-refractivity contribution in [2.75, 3.05) is 22.9 Å². The Bertz CT molecular complexity index is 655. The highest BCUT2D eigenvalue weighted by molar-refractivity contribution is 8.01. The lowest BCUT2D eigenvalue weighted by molar-refractivity contribution is -0.114. The molecule has 0 spiro atoms. The van der Waals surface area contributed by atoms with Crippen LogP contribution >= 0.6 is 23.1 Å². The second kappa shape index (κ2) is 7.90. The molecule has 2 N–H and O–H groups in total. The van der Waals surface area contributed by atoms with Gasteiger partial charge < -0.3 is 10.6 Å². The number of carbonyl (C=O) groups excluding carboxylic acids is 2. The Hall–Kier alpha value is -1.93. The van der Waals surface area contributed by atoms with E-state index in [1.807, 2.05) is 6.92 Å². The monoisotopic (exact) mass is 336 g/mol. The molecule has 0 aliphatic carbocycles. The van der Waals surface area contributed by atoms with Crippen LogP contribution in [0.3, 0.4) is 0 Å². The summed E-state index contributed by atoms with van der Waals surface area (Å²) in [5, 5.41) is 14.5. The second-order valence-electron chi connectivity index (χ2n) is 4.37. The first kappa shape index (κ1) is 16.4. The minimum atomic E-state index is -0.137. The van der Waals surface area contributed by atoms with Crippen LogP contribution in [0.15, 0.2) is 28.6 Å². The van der Waals surface area contributed by atoms with Crippen LogP contribution in [0.1, 0.15) is 24.2 Å². The maximum atomic E-state index is 12.1. The normalized spacial score (nSPS) is 10.3. The molecule has 22 heavy (non-hydrogen) atoms. The van der Waals surface area contributed by atoms with Crippen molar-refractivity contribution in [1.82, 2.24) is 10.2 Å². The topological polar surface area (TPSA) is 84.0 Å². The SMILES string of the molecule is CCNc1nnc(SCC(=O)c2ccc(NC(C)=O)cc2)s1. The van der Waals surface area contributed by atoms with Gasteiger partial charge >= 0.3 is 0 Å². The summed E-state index contributed by atoms with van der Waals surface area (Å²) in [6.45, 7) is 4.22. The summed E-state index contributed by atoms with van der Waals surface area (Å²) in [6.07, 6.45) is 0. The van der Waals surface area contributed by atoms with Gasteiger partial charge in [0, 0.05) is 24.7 Å². The van der Waals surface area contributed by atoms with Crippen LogP contribution in [-0.4, -0.2) is 34.2 Å². The summed E-state index contributed by atoms with van der Waals surface area (Å²) in [6, 6.07) is 6.84. The van der Waals surface area contributed by atoms with Crippen molar-refractivity contribution < 1.29 is 9.59 Å². The molecule has 0 atom stereocenters. The van der Waals surface area contributed by atoms with Crippen molar-refractivity contribution >= 4 is 45.6 Å². The van der Waals surface area contributed by atoms with Gasteiger partial charge in [0.1, 0.15) is 0 Å². The van der Waals surface area contributed by atoms with Gasteiger partial charge in [0.2, 0.25) is 11.0 Å². The number of anilines is 2. The van der Waals surface area contributed by atoms with Gasteiger partial charge in [-0.1, -0.05) is 23.1 Å². The standard InChI is InChI=1S/C14H16N4O2S2/c1-3-15-13-17-18-14(22-13)21-8-12(20)10-4-6-11(7-5-10)16-9(2)19/h4-7H,3,8H2,1-2H3,(H,15,17)(H,16,19). The zero-order valence-electron chi connectivity index (χ0n) is 12.3. The van der Waals surface area contributed by atoms with E-state index in [0.717, 1.165) is 16.0 Å². The van der Waals surface area contributed by atoms with Gasteiger partial charge in [0.25, 0.3) is 0 Å². The molecule has 0 aliphatic heterocycles. The molecule has 0 bridgehead atoms. The van der Waals surface area contributed by atoms with Gasteiger partial charge in [-0.2, -0.15) is 0 Å².